The van der Waals surface area contributed by atoms with Crippen molar-refractivity contribution in [2.75, 3.05) is 51.1 Å². The van der Waals surface area contributed by atoms with Gasteiger partial charge in [-0.25, -0.2) is 0 Å². The Morgan fingerprint density at radius 1 is 0.963 bits per heavy atom. The van der Waals surface area contributed by atoms with Crippen molar-refractivity contribution in [2.24, 2.45) is 0 Å². The summed E-state index contributed by atoms with van der Waals surface area (Å²) in [5.74, 6) is -0.0475. The van der Waals surface area contributed by atoms with E-state index >= 15 is 0 Å². The summed E-state index contributed by atoms with van der Waals surface area (Å²) < 4.78 is 0. The summed E-state index contributed by atoms with van der Waals surface area (Å²) >= 11 is 0. The maximum Gasteiger partial charge on any atom is 0.254 e. The standard InChI is InChI=1S/C20H28N4O3/c1-16(25)21-18-6-4-5-17(15-18)20(27)24-13-11-23(12-14-24)19(26)7-10-22-8-2-3-9-22/h4-6,15H,2-3,7-14H2,1H3,(H,21,25). The molecule has 0 saturated carbocycles. The van der Waals surface area contributed by atoms with Crippen LogP contribution < -0.4 is 5.32 Å². The molecule has 1 aromatic carbocycles. The van der Waals surface area contributed by atoms with E-state index < -0.39 is 0 Å². The molecule has 146 valence electrons. The molecule has 2 fully saturated rings. The molecule has 0 aliphatic carbocycles. The summed E-state index contributed by atoms with van der Waals surface area (Å²) in [5, 5.41) is 2.70. The minimum atomic E-state index is -0.166. The number of piperazine rings is 1. The molecule has 7 heteroatoms. The first-order valence-corrected chi connectivity index (χ1v) is 9.70. The molecule has 3 rings (SSSR count). The number of nitrogens with one attached hydrogen (secondary N) is 1. The normalized spacial score (nSPS) is 17.8. The molecule has 2 heterocycles. The predicted octanol–water partition coefficient (Wildman–Crippen LogP) is 1.42. The van der Waals surface area contributed by atoms with Crippen LogP contribution in [-0.4, -0.2) is 78.2 Å². The molecule has 2 saturated heterocycles. The first-order valence-electron chi connectivity index (χ1n) is 9.70. The molecule has 0 spiro atoms. The van der Waals surface area contributed by atoms with Crippen LogP contribution in [0.25, 0.3) is 0 Å². The van der Waals surface area contributed by atoms with Gasteiger partial charge in [0.2, 0.25) is 11.8 Å². The zero-order chi connectivity index (χ0) is 19.2. The Morgan fingerprint density at radius 3 is 2.30 bits per heavy atom. The molecule has 0 unspecified atom stereocenters. The van der Waals surface area contributed by atoms with E-state index in [-0.39, 0.29) is 17.7 Å². The Labute approximate surface area is 160 Å². The van der Waals surface area contributed by atoms with Gasteiger partial charge in [0.1, 0.15) is 0 Å². The average Bonchev–Trinajstić information content (AvgIpc) is 3.19. The molecule has 0 radical (unpaired) electrons. The number of hydrogen-bond acceptors (Lipinski definition) is 4. The number of rotatable bonds is 5. The van der Waals surface area contributed by atoms with Gasteiger partial charge in [-0.3, -0.25) is 14.4 Å². The highest BCUT2D eigenvalue weighted by atomic mass is 16.2. The van der Waals surface area contributed by atoms with Gasteiger partial charge < -0.3 is 20.0 Å². The lowest BCUT2D eigenvalue weighted by Gasteiger charge is -2.35. The average molecular weight is 372 g/mol. The fraction of sp³-hybridized carbons (Fsp3) is 0.550. The molecule has 1 N–H and O–H groups in total. The van der Waals surface area contributed by atoms with Crippen molar-refractivity contribution in [1.82, 2.24) is 14.7 Å². The summed E-state index contributed by atoms with van der Waals surface area (Å²) in [6.45, 7) is 6.73. The van der Waals surface area contributed by atoms with Gasteiger partial charge in [0, 0.05) is 57.3 Å². The van der Waals surface area contributed by atoms with Crippen molar-refractivity contribution in [1.29, 1.82) is 0 Å². The van der Waals surface area contributed by atoms with Crippen LogP contribution in [0.1, 0.15) is 36.5 Å². The topological polar surface area (TPSA) is 73.0 Å². The second kappa shape index (κ2) is 8.99. The smallest absolute Gasteiger partial charge is 0.254 e. The van der Waals surface area contributed by atoms with E-state index in [0.29, 0.717) is 43.9 Å². The largest absolute Gasteiger partial charge is 0.339 e. The Kier molecular flexibility index (Phi) is 6.45. The van der Waals surface area contributed by atoms with Crippen LogP contribution in [-0.2, 0) is 9.59 Å². The maximum absolute atomic E-state index is 12.7. The van der Waals surface area contributed by atoms with Crippen molar-refractivity contribution in [3.05, 3.63) is 29.8 Å². The van der Waals surface area contributed by atoms with E-state index in [2.05, 4.69) is 10.2 Å². The Hall–Kier alpha value is -2.41. The Morgan fingerprint density at radius 2 is 1.63 bits per heavy atom. The fourth-order valence-electron chi connectivity index (χ4n) is 3.69. The van der Waals surface area contributed by atoms with Crippen molar-refractivity contribution in [2.45, 2.75) is 26.2 Å². The monoisotopic (exact) mass is 372 g/mol. The quantitative estimate of drug-likeness (QED) is 0.848. The minimum absolute atomic E-state index is 0.0635. The number of carbonyl (C=O) groups excluding carboxylic acids is 3. The molecule has 1 aromatic rings. The lowest BCUT2D eigenvalue weighted by atomic mass is 10.1. The number of anilines is 1. The second-order valence-electron chi connectivity index (χ2n) is 7.23. The molecular formula is C20H28N4O3. The van der Waals surface area contributed by atoms with Gasteiger partial charge in [-0.05, 0) is 44.1 Å². The van der Waals surface area contributed by atoms with Gasteiger partial charge in [-0.2, -0.15) is 0 Å². The predicted molar refractivity (Wildman–Crippen MR) is 104 cm³/mol. The van der Waals surface area contributed by atoms with Crippen molar-refractivity contribution in [3.8, 4) is 0 Å². The second-order valence-corrected chi connectivity index (χ2v) is 7.23. The molecule has 27 heavy (non-hydrogen) atoms. The van der Waals surface area contributed by atoms with Crippen LogP contribution >= 0.6 is 0 Å². The lowest BCUT2D eigenvalue weighted by molar-refractivity contribution is -0.133. The van der Waals surface area contributed by atoms with Gasteiger partial charge in [-0.1, -0.05) is 6.07 Å². The van der Waals surface area contributed by atoms with Crippen LogP contribution in [0.5, 0.6) is 0 Å². The zero-order valence-electron chi connectivity index (χ0n) is 15.9. The van der Waals surface area contributed by atoms with Crippen molar-refractivity contribution < 1.29 is 14.4 Å². The van der Waals surface area contributed by atoms with Gasteiger partial charge >= 0.3 is 0 Å². The fourth-order valence-corrected chi connectivity index (χ4v) is 3.69. The number of carbonyl (C=O) groups is 3. The number of benzene rings is 1. The highest BCUT2D eigenvalue weighted by molar-refractivity contribution is 5.97. The molecule has 0 aromatic heterocycles. The molecule has 7 nitrogen and oxygen atoms in total. The molecule has 0 bridgehead atoms. The van der Waals surface area contributed by atoms with Gasteiger partial charge in [0.05, 0.1) is 0 Å². The van der Waals surface area contributed by atoms with E-state index in [0.717, 1.165) is 19.6 Å². The van der Waals surface area contributed by atoms with Gasteiger partial charge in [0.25, 0.3) is 5.91 Å². The third kappa shape index (κ3) is 5.29. The zero-order valence-corrected chi connectivity index (χ0v) is 15.9. The van der Waals surface area contributed by atoms with Crippen molar-refractivity contribution in [3.63, 3.8) is 0 Å². The van der Waals surface area contributed by atoms with Crippen LogP contribution in [0.2, 0.25) is 0 Å². The van der Waals surface area contributed by atoms with E-state index in [1.54, 1.807) is 29.2 Å². The van der Waals surface area contributed by atoms with Crippen LogP contribution in [0, 0.1) is 0 Å². The van der Waals surface area contributed by atoms with Crippen LogP contribution in [0.15, 0.2) is 24.3 Å². The van der Waals surface area contributed by atoms with E-state index in [4.69, 9.17) is 0 Å². The number of likely N-dealkylation sites (tertiary alicyclic amines) is 1. The third-order valence-corrected chi connectivity index (χ3v) is 5.19. The summed E-state index contributed by atoms with van der Waals surface area (Å²) in [6.07, 6.45) is 3.03. The molecule has 0 atom stereocenters. The first kappa shape index (κ1) is 19.4. The van der Waals surface area contributed by atoms with E-state index in [1.807, 2.05) is 4.90 Å². The van der Waals surface area contributed by atoms with Crippen LogP contribution in [0.3, 0.4) is 0 Å². The highest BCUT2D eigenvalue weighted by Gasteiger charge is 2.25. The van der Waals surface area contributed by atoms with Gasteiger partial charge in [-0.15, -0.1) is 0 Å². The van der Waals surface area contributed by atoms with E-state index in [9.17, 15) is 14.4 Å². The first-order chi connectivity index (χ1) is 13.0. The number of hydrogen-bond donors (Lipinski definition) is 1. The van der Waals surface area contributed by atoms with E-state index in [1.165, 1.54) is 19.8 Å². The summed E-state index contributed by atoms with van der Waals surface area (Å²) in [6, 6.07) is 6.96. The number of nitrogens with zero attached hydrogens (tertiary/aromatic N) is 3. The Balaban J connectivity index is 1.48. The lowest BCUT2D eigenvalue weighted by Crippen LogP contribution is -2.51. The highest BCUT2D eigenvalue weighted by Crippen LogP contribution is 2.15. The summed E-state index contributed by atoms with van der Waals surface area (Å²) in [4.78, 5) is 42.3. The van der Waals surface area contributed by atoms with Crippen molar-refractivity contribution >= 4 is 23.4 Å². The molecule has 3 amide bonds. The van der Waals surface area contributed by atoms with Gasteiger partial charge in [0.15, 0.2) is 0 Å². The molecular weight excluding hydrogens is 344 g/mol. The van der Waals surface area contributed by atoms with Crippen LogP contribution in [0.4, 0.5) is 5.69 Å². The third-order valence-electron chi connectivity index (χ3n) is 5.19. The Bertz CT molecular complexity index is 692. The SMILES string of the molecule is CC(=O)Nc1cccc(C(=O)N2CCN(C(=O)CCN3CCCC3)CC2)c1. The summed E-state index contributed by atoms with van der Waals surface area (Å²) in [5.41, 5.74) is 1.17. The maximum atomic E-state index is 12.7. The number of amides is 3. The summed E-state index contributed by atoms with van der Waals surface area (Å²) in [7, 11) is 0. The minimum Gasteiger partial charge on any atom is -0.339 e. The molecule has 2 aliphatic heterocycles. The molecule has 2 aliphatic rings.